The third-order valence-corrected chi connectivity index (χ3v) is 3.33. The first kappa shape index (κ1) is 13.0. The lowest BCUT2D eigenvalue weighted by atomic mass is 10.2. The monoisotopic (exact) mass is 290 g/mol. The number of hydrogen-bond donors (Lipinski definition) is 1. The molecule has 0 spiro atoms. The van der Waals surface area contributed by atoms with Crippen molar-refractivity contribution in [2.45, 2.75) is 6.54 Å². The highest BCUT2D eigenvalue weighted by molar-refractivity contribution is 7.15. The van der Waals surface area contributed by atoms with Crippen molar-refractivity contribution >= 4 is 28.6 Å². The third-order valence-electron chi connectivity index (χ3n) is 2.22. The number of ether oxygens (including phenoxy) is 1. The van der Waals surface area contributed by atoms with E-state index in [-0.39, 0.29) is 11.4 Å². The van der Waals surface area contributed by atoms with Gasteiger partial charge in [0.25, 0.3) is 0 Å². The van der Waals surface area contributed by atoms with Gasteiger partial charge in [0.15, 0.2) is 16.0 Å². The molecule has 1 N–H and O–H groups in total. The van der Waals surface area contributed by atoms with Gasteiger partial charge in [0.2, 0.25) is 0 Å². The summed E-state index contributed by atoms with van der Waals surface area (Å²) in [5.74, 6) is -1.42. The lowest BCUT2D eigenvalue weighted by Crippen LogP contribution is -2.01. The first-order chi connectivity index (χ1) is 8.60. The van der Waals surface area contributed by atoms with E-state index >= 15 is 0 Å². The predicted octanol–water partition coefficient (Wildman–Crippen LogP) is 3.70. The second kappa shape index (κ2) is 5.49. The van der Waals surface area contributed by atoms with Crippen LogP contribution in [0.1, 0.15) is 4.88 Å². The number of nitrogens with zero attached hydrogens (tertiary/aromatic N) is 1. The quantitative estimate of drug-likeness (QED) is 0.932. The largest absolute Gasteiger partial charge is 0.494 e. The number of thiazole rings is 1. The smallest absolute Gasteiger partial charge is 0.183 e. The standard InChI is InChI=1S/C11H9ClF2N2OS/c1-17-10-3-9(7(13)2-8(10)14)15-4-6-5-16-11(12)18-6/h2-3,5,15H,4H2,1H3. The molecule has 0 saturated carbocycles. The molecule has 1 aromatic carbocycles. The van der Waals surface area contributed by atoms with Gasteiger partial charge in [-0.3, -0.25) is 0 Å². The molecule has 0 bridgehead atoms. The minimum absolute atomic E-state index is 0.0127. The highest BCUT2D eigenvalue weighted by Crippen LogP contribution is 2.26. The van der Waals surface area contributed by atoms with E-state index in [1.807, 2.05) is 0 Å². The normalized spacial score (nSPS) is 10.4. The Bertz CT molecular complexity index is 562. The molecule has 2 aromatic rings. The fourth-order valence-corrected chi connectivity index (χ4v) is 2.29. The summed E-state index contributed by atoms with van der Waals surface area (Å²) in [7, 11) is 1.32. The summed E-state index contributed by atoms with van der Waals surface area (Å²) in [5.41, 5.74) is 0.165. The molecule has 0 unspecified atom stereocenters. The number of methoxy groups -OCH3 is 1. The average molecular weight is 291 g/mol. The van der Waals surface area contributed by atoms with Crippen molar-refractivity contribution in [2.75, 3.05) is 12.4 Å². The molecule has 0 aliphatic heterocycles. The zero-order chi connectivity index (χ0) is 13.1. The van der Waals surface area contributed by atoms with Crippen LogP contribution >= 0.6 is 22.9 Å². The van der Waals surface area contributed by atoms with E-state index in [9.17, 15) is 8.78 Å². The van der Waals surface area contributed by atoms with Crippen LogP contribution in [0.2, 0.25) is 4.47 Å². The van der Waals surface area contributed by atoms with Crippen molar-refractivity contribution in [3.05, 3.63) is 39.3 Å². The Hall–Kier alpha value is -1.40. The van der Waals surface area contributed by atoms with E-state index in [0.29, 0.717) is 11.0 Å². The number of hydrogen-bond acceptors (Lipinski definition) is 4. The highest BCUT2D eigenvalue weighted by Gasteiger charge is 2.10. The van der Waals surface area contributed by atoms with Crippen molar-refractivity contribution < 1.29 is 13.5 Å². The molecule has 0 saturated heterocycles. The number of aromatic nitrogens is 1. The van der Waals surface area contributed by atoms with Crippen LogP contribution in [0.25, 0.3) is 0 Å². The second-order valence-corrected chi connectivity index (χ2v) is 5.10. The maximum absolute atomic E-state index is 13.5. The fourth-order valence-electron chi connectivity index (χ4n) is 1.37. The molecule has 0 aliphatic carbocycles. The molecule has 7 heteroatoms. The molecule has 18 heavy (non-hydrogen) atoms. The number of nitrogens with one attached hydrogen (secondary N) is 1. The molecule has 1 heterocycles. The predicted molar refractivity (Wildman–Crippen MR) is 67.4 cm³/mol. The van der Waals surface area contributed by atoms with Gasteiger partial charge in [-0.05, 0) is 0 Å². The first-order valence-corrected chi connectivity index (χ1v) is 6.16. The zero-order valence-corrected chi connectivity index (χ0v) is 10.9. The number of halogens is 3. The summed E-state index contributed by atoms with van der Waals surface area (Å²) in [6.45, 7) is 0.357. The van der Waals surface area contributed by atoms with E-state index in [2.05, 4.69) is 10.3 Å². The molecule has 0 aliphatic rings. The molecule has 3 nitrogen and oxygen atoms in total. The van der Waals surface area contributed by atoms with Crippen LogP contribution in [0.3, 0.4) is 0 Å². The van der Waals surface area contributed by atoms with E-state index in [4.69, 9.17) is 16.3 Å². The second-order valence-electron chi connectivity index (χ2n) is 3.40. The van der Waals surface area contributed by atoms with Crippen LogP contribution in [-0.4, -0.2) is 12.1 Å². The Morgan fingerprint density at radius 3 is 2.78 bits per heavy atom. The van der Waals surface area contributed by atoms with Crippen LogP contribution in [-0.2, 0) is 6.54 Å². The lowest BCUT2D eigenvalue weighted by Gasteiger charge is -2.09. The molecular formula is C11H9ClF2N2OS. The van der Waals surface area contributed by atoms with Crippen LogP contribution in [0.5, 0.6) is 5.75 Å². The Balaban J connectivity index is 2.13. The minimum Gasteiger partial charge on any atom is -0.494 e. The van der Waals surface area contributed by atoms with Crippen molar-refractivity contribution in [1.82, 2.24) is 4.98 Å². The third kappa shape index (κ3) is 2.88. The van der Waals surface area contributed by atoms with E-state index in [1.54, 1.807) is 6.20 Å². The Morgan fingerprint density at radius 1 is 1.39 bits per heavy atom. The summed E-state index contributed by atoms with van der Waals surface area (Å²) in [6, 6.07) is 2.05. The summed E-state index contributed by atoms with van der Waals surface area (Å²) < 4.78 is 31.9. The number of benzene rings is 1. The summed E-state index contributed by atoms with van der Waals surface area (Å²) >= 11 is 6.97. The van der Waals surface area contributed by atoms with Crippen LogP contribution < -0.4 is 10.1 Å². The van der Waals surface area contributed by atoms with Gasteiger partial charge in [0.05, 0.1) is 19.3 Å². The molecule has 2 rings (SSSR count). The van der Waals surface area contributed by atoms with Crippen molar-refractivity contribution in [3.63, 3.8) is 0 Å². The highest BCUT2D eigenvalue weighted by atomic mass is 35.5. The van der Waals surface area contributed by atoms with Gasteiger partial charge < -0.3 is 10.1 Å². The Morgan fingerprint density at radius 2 is 2.17 bits per heavy atom. The van der Waals surface area contributed by atoms with E-state index in [0.717, 1.165) is 10.9 Å². The van der Waals surface area contributed by atoms with Gasteiger partial charge in [0.1, 0.15) is 5.82 Å². The van der Waals surface area contributed by atoms with Crippen LogP contribution in [0.4, 0.5) is 14.5 Å². The van der Waals surface area contributed by atoms with E-state index < -0.39 is 11.6 Å². The zero-order valence-electron chi connectivity index (χ0n) is 9.34. The molecule has 0 amide bonds. The SMILES string of the molecule is COc1cc(NCc2cnc(Cl)s2)c(F)cc1F. The van der Waals surface area contributed by atoms with Crippen molar-refractivity contribution in [1.29, 1.82) is 0 Å². The van der Waals surface area contributed by atoms with Crippen molar-refractivity contribution in [3.8, 4) is 5.75 Å². The molecular weight excluding hydrogens is 282 g/mol. The van der Waals surface area contributed by atoms with Gasteiger partial charge in [-0.25, -0.2) is 13.8 Å². The van der Waals surface area contributed by atoms with E-state index in [1.165, 1.54) is 24.5 Å². The molecule has 96 valence electrons. The van der Waals surface area contributed by atoms with Crippen LogP contribution in [0, 0.1) is 11.6 Å². The number of anilines is 1. The first-order valence-electron chi connectivity index (χ1n) is 4.97. The van der Waals surface area contributed by atoms with Gasteiger partial charge >= 0.3 is 0 Å². The van der Waals surface area contributed by atoms with Gasteiger partial charge in [-0.15, -0.1) is 11.3 Å². The Kier molecular flexibility index (Phi) is 3.98. The Labute approximate surface area is 111 Å². The fraction of sp³-hybridized carbons (Fsp3) is 0.182. The summed E-state index contributed by atoms with van der Waals surface area (Å²) in [6.07, 6.45) is 1.60. The van der Waals surface area contributed by atoms with Gasteiger partial charge in [-0.2, -0.15) is 0 Å². The maximum atomic E-state index is 13.5. The average Bonchev–Trinajstić information content (AvgIpc) is 2.74. The van der Waals surface area contributed by atoms with Crippen LogP contribution in [0.15, 0.2) is 18.3 Å². The molecule has 1 aromatic heterocycles. The minimum atomic E-state index is -0.735. The van der Waals surface area contributed by atoms with Crippen molar-refractivity contribution in [2.24, 2.45) is 0 Å². The summed E-state index contributed by atoms with van der Waals surface area (Å²) in [4.78, 5) is 4.71. The molecule has 0 atom stereocenters. The summed E-state index contributed by atoms with van der Waals surface area (Å²) in [5, 5.41) is 2.83. The number of rotatable bonds is 4. The maximum Gasteiger partial charge on any atom is 0.183 e. The van der Waals surface area contributed by atoms with Gasteiger partial charge in [-0.1, -0.05) is 11.6 Å². The molecule has 0 radical (unpaired) electrons. The molecule has 0 fully saturated rings. The topological polar surface area (TPSA) is 34.1 Å². The lowest BCUT2D eigenvalue weighted by molar-refractivity contribution is 0.384. The van der Waals surface area contributed by atoms with Gasteiger partial charge in [0, 0.05) is 23.2 Å².